The first-order valence-corrected chi connectivity index (χ1v) is 5.75. The van der Waals surface area contributed by atoms with E-state index in [2.05, 4.69) is 0 Å². The molecule has 1 unspecified atom stereocenters. The summed E-state index contributed by atoms with van der Waals surface area (Å²) in [7, 11) is 0. The molecule has 0 saturated heterocycles. The second-order valence-electron chi connectivity index (χ2n) is 4.32. The minimum atomic E-state index is -4.48. The Morgan fingerprint density at radius 3 is 2.35 bits per heavy atom. The van der Waals surface area contributed by atoms with Crippen molar-refractivity contribution >= 4 is 5.97 Å². The van der Waals surface area contributed by atoms with E-state index in [-0.39, 0.29) is 0 Å². The molecular formula is C13H13F3N2O2. The van der Waals surface area contributed by atoms with Crippen LogP contribution in [0, 0.1) is 11.3 Å². The summed E-state index contributed by atoms with van der Waals surface area (Å²) < 4.78 is 37.4. The number of carboxylic acids is 1. The monoisotopic (exact) mass is 286 g/mol. The van der Waals surface area contributed by atoms with Crippen LogP contribution in [0.4, 0.5) is 13.2 Å². The van der Waals surface area contributed by atoms with Gasteiger partial charge in [-0.1, -0.05) is 12.1 Å². The Morgan fingerprint density at radius 1 is 1.40 bits per heavy atom. The van der Waals surface area contributed by atoms with Gasteiger partial charge in [-0.2, -0.15) is 18.4 Å². The van der Waals surface area contributed by atoms with E-state index < -0.39 is 31.3 Å². The fourth-order valence-corrected chi connectivity index (χ4v) is 1.78. The lowest BCUT2D eigenvalue weighted by Gasteiger charge is -2.28. The number of halogens is 3. The van der Waals surface area contributed by atoms with Crippen LogP contribution < -0.4 is 0 Å². The Bertz CT molecular complexity index is 506. The van der Waals surface area contributed by atoms with Gasteiger partial charge in [0.15, 0.2) is 0 Å². The number of nitrogens with zero attached hydrogens (tertiary/aromatic N) is 2. The molecule has 0 aliphatic heterocycles. The first-order valence-electron chi connectivity index (χ1n) is 5.75. The van der Waals surface area contributed by atoms with Crippen molar-refractivity contribution in [2.24, 2.45) is 0 Å². The van der Waals surface area contributed by atoms with Crippen LogP contribution in [0.1, 0.15) is 24.1 Å². The lowest BCUT2D eigenvalue weighted by atomic mass is 10.0. The Balaban J connectivity index is 2.93. The number of hydrogen-bond acceptors (Lipinski definition) is 3. The van der Waals surface area contributed by atoms with Crippen LogP contribution >= 0.6 is 0 Å². The molecule has 1 N–H and O–H groups in total. The number of rotatable bonds is 5. The molecule has 4 nitrogen and oxygen atoms in total. The summed E-state index contributed by atoms with van der Waals surface area (Å²) in [5, 5.41) is 17.4. The third-order valence-electron chi connectivity index (χ3n) is 2.79. The van der Waals surface area contributed by atoms with Crippen molar-refractivity contribution in [1.82, 2.24) is 4.90 Å². The largest absolute Gasteiger partial charge is 0.480 e. The Labute approximate surface area is 114 Å². The average Bonchev–Trinajstić information content (AvgIpc) is 2.35. The van der Waals surface area contributed by atoms with Gasteiger partial charge in [-0.05, 0) is 24.6 Å². The maximum Gasteiger partial charge on any atom is 0.401 e. The van der Waals surface area contributed by atoms with Crippen LogP contribution in [0.25, 0.3) is 0 Å². The highest BCUT2D eigenvalue weighted by molar-refractivity contribution is 5.69. The van der Waals surface area contributed by atoms with Crippen molar-refractivity contribution < 1.29 is 23.1 Å². The predicted molar refractivity (Wildman–Crippen MR) is 64.8 cm³/mol. The normalized spacial score (nSPS) is 13.0. The fraction of sp³-hybridized carbons (Fsp3) is 0.385. The zero-order chi connectivity index (χ0) is 15.3. The zero-order valence-corrected chi connectivity index (χ0v) is 10.7. The minimum Gasteiger partial charge on any atom is -0.480 e. The molecule has 0 heterocycles. The third-order valence-corrected chi connectivity index (χ3v) is 2.79. The molecule has 20 heavy (non-hydrogen) atoms. The van der Waals surface area contributed by atoms with Crippen LogP contribution in [0.15, 0.2) is 24.3 Å². The van der Waals surface area contributed by atoms with Gasteiger partial charge in [0.1, 0.15) is 0 Å². The molecule has 108 valence electrons. The molecule has 0 radical (unpaired) electrons. The third kappa shape index (κ3) is 4.90. The molecule has 0 fully saturated rings. The summed E-state index contributed by atoms with van der Waals surface area (Å²) in [5.41, 5.74) is 0.913. The van der Waals surface area contributed by atoms with Gasteiger partial charge in [0, 0.05) is 6.04 Å². The van der Waals surface area contributed by atoms with Gasteiger partial charge in [0.25, 0.3) is 0 Å². The first-order chi connectivity index (χ1) is 9.23. The first kappa shape index (κ1) is 16.0. The summed E-state index contributed by atoms with van der Waals surface area (Å²) in [6, 6.07) is 7.20. The van der Waals surface area contributed by atoms with Gasteiger partial charge in [0.2, 0.25) is 0 Å². The summed E-state index contributed by atoms with van der Waals surface area (Å²) in [6.45, 7) is -0.517. The standard InChI is InChI=1S/C13H13F3N2O2/c1-9(11-4-2-10(6-17)3-5-11)18(7-12(19)20)8-13(14,15)16/h2-5,9H,7-8H2,1H3,(H,19,20). The molecular weight excluding hydrogens is 273 g/mol. The molecule has 1 atom stereocenters. The van der Waals surface area contributed by atoms with E-state index in [1.165, 1.54) is 31.2 Å². The summed E-state index contributed by atoms with van der Waals surface area (Å²) in [6.07, 6.45) is -4.48. The number of carbonyl (C=O) groups is 1. The molecule has 0 spiro atoms. The van der Waals surface area contributed by atoms with E-state index in [1.54, 1.807) is 0 Å². The van der Waals surface area contributed by atoms with E-state index in [1.807, 2.05) is 6.07 Å². The SMILES string of the molecule is CC(c1ccc(C#N)cc1)N(CC(=O)O)CC(F)(F)F. The van der Waals surface area contributed by atoms with Crippen molar-refractivity contribution in [2.75, 3.05) is 13.1 Å². The fourth-order valence-electron chi connectivity index (χ4n) is 1.78. The maximum absolute atomic E-state index is 12.5. The average molecular weight is 286 g/mol. The van der Waals surface area contributed by atoms with Gasteiger partial charge >= 0.3 is 12.1 Å². The minimum absolute atomic E-state index is 0.390. The highest BCUT2D eigenvalue weighted by Gasteiger charge is 2.34. The van der Waals surface area contributed by atoms with Crippen molar-refractivity contribution in [3.8, 4) is 6.07 Å². The smallest absolute Gasteiger partial charge is 0.401 e. The van der Waals surface area contributed by atoms with Crippen molar-refractivity contribution in [2.45, 2.75) is 19.1 Å². The second kappa shape index (κ2) is 6.39. The van der Waals surface area contributed by atoms with E-state index in [0.717, 1.165) is 4.90 Å². The van der Waals surface area contributed by atoms with E-state index >= 15 is 0 Å². The lowest BCUT2D eigenvalue weighted by molar-refractivity contribution is -0.157. The molecule has 7 heteroatoms. The molecule has 1 rings (SSSR count). The zero-order valence-electron chi connectivity index (χ0n) is 10.7. The molecule has 1 aromatic carbocycles. The van der Waals surface area contributed by atoms with Crippen LogP contribution in [-0.4, -0.2) is 35.2 Å². The van der Waals surface area contributed by atoms with Crippen molar-refractivity contribution in [3.05, 3.63) is 35.4 Å². The summed E-state index contributed by atoms with van der Waals surface area (Å²) in [4.78, 5) is 11.5. The molecule has 0 aliphatic carbocycles. The molecule has 0 aliphatic rings. The number of nitriles is 1. The topological polar surface area (TPSA) is 64.3 Å². The van der Waals surface area contributed by atoms with Crippen LogP contribution in [0.3, 0.4) is 0 Å². The lowest BCUT2D eigenvalue weighted by Crippen LogP contribution is -2.39. The number of aliphatic carboxylic acids is 1. The van der Waals surface area contributed by atoms with Gasteiger partial charge in [-0.3, -0.25) is 9.69 Å². The van der Waals surface area contributed by atoms with E-state index in [0.29, 0.717) is 11.1 Å². The highest BCUT2D eigenvalue weighted by Crippen LogP contribution is 2.25. The molecule has 1 aromatic rings. The van der Waals surface area contributed by atoms with Crippen LogP contribution in [-0.2, 0) is 4.79 Å². The summed E-state index contributed by atoms with van der Waals surface area (Å²) >= 11 is 0. The van der Waals surface area contributed by atoms with Gasteiger partial charge in [-0.25, -0.2) is 0 Å². The summed E-state index contributed by atoms with van der Waals surface area (Å²) in [5.74, 6) is -1.32. The van der Waals surface area contributed by atoms with Gasteiger partial charge in [-0.15, -0.1) is 0 Å². The van der Waals surface area contributed by atoms with Crippen LogP contribution in [0.2, 0.25) is 0 Å². The number of benzene rings is 1. The Hall–Kier alpha value is -2.07. The van der Waals surface area contributed by atoms with E-state index in [4.69, 9.17) is 10.4 Å². The van der Waals surface area contributed by atoms with Crippen LogP contribution in [0.5, 0.6) is 0 Å². The number of carboxylic acid groups (broad SMARTS) is 1. The molecule has 0 bridgehead atoms. The van der Waals surface area contributed by atoms with Gasteiger partial charge in [0.05, 0.1) is 24.7 Å². The van der Waals surface area contributed by atoms with Crippen molar-refractivity contribution in [3.63, 3.8) is 0 Å². The van der Waals surface area contributed by atoms with E-state index in [9.17, 15) is 18.0 Å². The quantitative estimate of drug-likeness (QED) is 0.903. The highest BCUT2D eigenvalue weighted by atomic mass is 19.4. The molecule has 0 saturated carbocycles. The number of hydrogen-bond donors (Lipinski definition) is 1. The number of alkyl halides is 3. The Morgan fingerprint density at radius 2 is 1.95 bits per heavy atom. The molecule has 0 aromatic heterocycles. The predicted octanol–water partition coefficient (Wildman–Crippen LogP) is 2.57. The maximum atomic E-state index is 12.5. The van der Waals surface area contributed by atoms with Crippen molar-refractivity contribution in [1.29, 1.82) is 5.26 Å². The Kier molecular flexibility index (Phi) is 5.11. The molecule has 0 amide bonds. The van der Waals surface area contributed by atoms with Gasteiger partial charge < -0.3 is 5.11 Å². The second-order valence-corrected chi connectivity index (χ2v) is 4.32.